The van der Waals surface area contributed by atoms with Crippen LogP contribution in [0.25, 0.3) is 10.8 Å². The predicted molar refractivity (Wildman–Crippen MR) is 158 cm³/mol. The van der Waals surface area contributed by atoms with Gasteiger partial charge < -0.3 is 9.47 Å². The molecule has 0 saturated carbocycles. The van der Waals surface area contributed by atoms with E-state index in [-0.39, 0.29) is 17.5 Å². The zero-order valence-electron chi connectivity index (χ0n) is 22.0. The summed E-state index contributed by atoms with van der Waals surface area (Å²) in [6, 6.07) is 43.0. The molecule has 0 aromatic heterocycles. The molecule has 0 radical (unpaired) electrons. The first-order chi connectivity index (χ1) is 19.0. The molecule has 0 aliphatic carbocycles. The molecule has 0 amide bonds. The van der Waals surface area contributed by atoms with E-state index in [0.717, 1.165) is 16.3 Å². The summed E-state index contributed by atoms with van der Waals surface area (Å²) in [7, 11) is -0.239. The summed E-state index contributed by atoms with van der Waals surface area (Å²) < 4.78 is 11.4. The van der Waals surface area contributed by atoms with E-state index < -0.39 is 11.6 Å². The predicted octanol–water partition coefficient (Wildman–Crippen LogP) is 7.69. The van der Waals surface area contributed by atoms with Crippen molar-refractivity contribution in [3.8, 4) is 17.6 Å². The number of hydrogen-bond donors (Lipinski definition) is 0. The molecule has 5 aromatic carbocycles. The maximum Gasteiger partial charge on any atom is 0.345 e. The first-order valence-corrected chi connectivity index (χ1v) is 14.0. The molecule has 5 rings (SSSR count). The third-order valence-electron chi connectivity index (χ3n) is 6.03. The van der Waals surface area contributed by atoms with Gasteiger partial charge in [0.25, 0.3) is 0 Å². The van der Waals surface area contributed by atoms with Crippen molar-refractivity contribution in [2.75, 3.05) is 6.61 Å². The summed E-state index contributed by atoms with van der Waals surface area (Å²) in [5.41, 5.74) is -0.0559. The molecule has 0 aliphatic rings. The van der Waals surface area contributed by atoms with Gasteiger partial charge in [-0.2, -0.15) is 0 Å². The van der Waals surface area contributed by atoms with E-state index in [1.165, 1.54) is 14.7 Å². The molecule has 0 saturated heterocycles. The highest BCUT2D eigenvalue weighted by Crippen LogP contribution is 2.32. The van der Waals surface area contributed by atoms with Crippen LogP contribution in [0.4, 0.5) is 0 Å². The van der Waals surface area contributed by atoms with Gasteiger partial charge in [0.1, 0.15) is 5.75 Å². The summed E-state index contributed by atoms with van der Waals surface area (Å²) >= 11 is 0. The monoisotopic (exact) mass is 529 g/mol. The third kappa shape index (κ3) is 6.71. The van der Waals surface area contributed by atoms with Crippen molar-refractivity contribution in [3.05, 3.63) is 133 Å². The molecular formula is C35H29O3S+. The van der Waals surface area contributed by atoms with Gasteiger partial charge in [-0.05, 0) is 79.2 Å². The van der Waals surface area contributed by atoms with Crippen LogP contribution < -0.4 is 4.74 Å². The number of fused-ring (bicyclic) bond motifs is 1. The summed E-state index contributed by atoms with van der Waals surface area (Å²) in [6.07, 6.45) is 0. The lowest BCUT2D eigenvalue weighted by atomic mass is 10.0. The van der Waals surface area contributed by atoms with Gasteiger partial charge in [-0.25, -0.2) is 4.79 Å². The maximum absolute atomic E-state index is 12.6. The Kier molecular flexibility index (Phi) is 8.01. The quantitative estimate of drug-likeness (QED) is 0.123. The Morgan fingerprint density at radius 1 is 0.692 bits per heavy atom. The third-order valence-corrected chi connectivity index (χ3v) is 8.26. The fraction of sp³-hybridized carbons (Fsp3) is 0.114. The second kappa shape index (κ2) is 11.9. The topological polar surface area (TPSA) is 35.5 Å². The average Bonchev–Trinajstić information content (AvgIpc) is 2.97. The highest BCUT2D eigenvalue weighted by atomic mass is 32.2. The molecule has 4 heteroatoms. The van der Waals surface area contributed by atoms with Gasteiger partial charge in [-0.15, -0.1) is 0 Å². The fourth-order valence-electron chi connectivity index (χ4n) is 4.23. The van der Waals surface area contributed by atoms with Crippen LogP contribution in [0.1, 0.15) is 19.4 Å². The second-order valence-electron chi connectivity index (χ2n) is 9.45. The number of rotatable bonds is 7. The molecular weight excluding hydrogens is 500 g/mol. The number of carbonyl (C=O) groups is 1. The van der Waals surface area contributed by atoms with Gasteiger partial charge in [0.15, 0.2) is 26.9 Å². The number of esters is 1. The molecule has 0 unspecified atom stereocenters. The second-order valence-corrected chi connectivity index (χ2v) is 11.5. The van der Waals surface area contributed by atoms with Crippen molar-refractivity contribution >= 4 is 27.6 Å². The van der Waals surface area contributed by atoms with Crippen molar-refractivity contribution in [1.82, 2.24) is 0 Å². The van der Waals surface area contributed by atoms with Crippen LogP contribution in [-0.4, -0.2) is 18.2 Å². The van der Waals surface area contributed by atoms with E-state index in [9.17, 15) is 4.79 Å². The van der Waals surface area contributed by atoms with Gasteiger partial charge >= 0.3 is 5.97 Å². The average molecular weight is 530 g/mol. The summed E-state index contributed by atoms with van der Waals surface area (Å²) in [5.74, 6) is 6.43. The smallest absolute Gasteiger partial charge is 0.345 e. The Balaban J connectivity index is 1.23. The lowest BCUT2D eigenvalue weighted by Crippen LogP contribution is -2.29. The van der Waals surface area contributed by atoms with Gasteiger partial charge in [-0.3, -0.25) is 0 Å². The first kappa shape index (κ1) is 26.2. The SMILES string of the molecule is CC(C)(C#Cc1cccc2ccccc12)OC(=O)COc1ccc([S+](c2ccccc2)c2ccccc2)cc1. The number of ether oxygens (including phenoxy) is 2. The Bertz CT molecular complexity index is 1570. The molecule has 0 heterocycles. The van der Waals surface area contributed by atoms with Gasteiger partial charge in [-0.1, -0.05) is 84.6 Å². The lowest BCUT2D eigenvalue weighted by molar-refractivity contribution is -0.154. The van der Waals surface area contributed by atoms with E-state index in [1.807, 2.05) is 54.6 Å². The Hall–Kier alpha value is -4.46. The lowest BCUT2D eigenvalue weighted by Gasteiger charge is -2.19. The van der Waals surface area contributed by atoms with Crippen molar-refractivity contribution in [2.24, 2.45) is 0 Å². The highest BCUT2D eigenvalue weighted by molar-refractivity contribution is 7.97. The molecule has 5 aromatic rings. The van der Waals surface area contributed by atoms with Gasteiger partial charge in [0, 0.05) is 5.56 Å². The van der Waals surface area contributed by atoms with Crippen molar-refractivity contribution < 1.29 is 14.3 Å². The molecule has 0 N–H and O–H groups in total. The molecule has 0 fully saturated rings. The summed E-state index contributed by atoms with van der Waals surface area (Å²) in [5, 5.41) is 2.20. The highest BCUT2D eigenvalue weighted by Gasteiger charge is 2.28. The zero-order chi connectivity index (χ0) is 27.1. The van der Waals surface area contributed by atoms with Crippen molar-refractivity contribution in [2.45, 2.75) is 34.1 Å². The fourth-order valence-corrected chi connectivity index (χ4v) is 6.31. The van der Waals surface area contributed by atoms with Crippen LogP contribution in [0.5, 0.6) is 5.75 Å². The van der Waals surface area contributed by atoms with E-state index in [1.54, 1.807) is 13.8 Å². The van der Waals surface area contributed by atoms with E-state index in [4.69, 9.17) is 9.47 Å². The van der Waals surface area contributed by atoms with Crippen LogP contribution in [0.15, 0.2) is 142 Å². The minimum absolute atomic E-state index is 0.193. The van der Waals surface area contributed by atoms with Crippen molar-refractivity contribution in [3.63, 3.8) is 0 Å². The van der Waals surface area contributed by atoms with Crippen LogP contribution in [0.3, 0.4) is 0 Å². The molecule has 0 spiro atoms. The zero-order valence-corrected chi connectivity index (χ0v) is 22.8. The van der Waals surface area contributed by atoms with Crippen LogP contribution >= 0.6 is 0 Å². The molecule has 192 valence electrons. The Morgan fingerprint density at radius 2 is 1.26 bits per heavy atom. The van der Waals surface area contributed by atoms with Crippen LogP contribution in [0, 0.1) is 11.8 Å². The standard InChI is InChI=1S/C35H29O3S/c1-35(2,25-24-28-14-11-13-27-12-9-10-19-33(27)28)38-34(36)26-37-29-20-22-32(23-21-29)39(30-15-5-3-6-16-30)31-17-7-4-8-18-31/h3-23H,26H2,1-2H3/q+1. The number of carbonyl (C=O) groups excluding carboxylic acids is 1. The minimum Gasteiger partial charge on any atom is -0.482 e. The first-order valence-electron chi connectivity index (χ1n) is 12.8. The molecule has 0 atom stereocenters. The van der Waals surface area contributed by atoms with E-state index >= 15 is 0 Å². The Morgan fingerprint density at radius 3 is 1.92 bits per heavy atom. The van der Waals surface area contributed by atoms with E-state index in [0.29, 0.717) is 5.75 Å². The summed E-state index contributed by atoms with van der Waals surface area (Å²) in [4.78, 5) is 16.2. The number of benzene rings is 5. The minimum atomic E-state index is -0.957. The maximum atomic E-state index is 12.6. The largest absolute Gasteiger partial charge is 0.482 e. The number of hydrogen-bond acceptors (Lipinski definition) is 3. The van der Waals surface area contributed by atoms with Gasteiger partial charge in [0.2, 0.25) is 0 Å². The Labute approximate surface area is 232 Å². The molecule has 0 aliphatic heterocycles. The van der Waals surface area contributed by atoms with E-state index in [2.05, 4.69) is 84.6 Å². The van der Waals surface area contributed by atoms with Crippen molar-refractivity contribution in [1.29, 1.82) is 0 Å². The summed E-state index contributed by atoms with van der Waals surface area (Å²) in [6.45, 7) is 3.37. The van der Waals surface area contributed by atoms with Gasteiger partial charge in [0.05, 0.1) is 10.9 Å². The molecule has 3 nitrogen and oxygen atoms in total. The van der Waals surface area contributed by atoms with Crippen LogP contribution in [0.2, 0.25) is 0 Å². The molecule has 39 heavy (non-hydrogen) atoms. The molecule has 0 bridgehead atoms. The normalized spacial score (nSPS) is 11.1. The van der Waals surface area contributed by atoms with Crippen LogP contribution in [-0.2, 0) is 20.4 Å².